The van der Waals surface area contributed by atoms with Gasteiger partial charge in [0.2, 0.25) is 0 Å². The molecule has 0 radical (unpaired) electrons. The van der Waals surface area contributed by atoms with Crippen molar-refractivity contribution in [2.24, 2.45) is 0 Å². The molecular formula is C16H26NO3+. The fourth-order valence-electron chi connectivity index (χ4n) is 2.27. The maximum absolute atomic E-state index is 5.76. The van der Waals surface area contributed by atoms with Crippen LogP contribution in [0.25, 0.3) is 0 Å². The highest BCUT2D eigenvalue weighted by atomic mass is 16.5. The van der Waals surface area contributed by atoms with E-state index in [0.717, 1.165) is 63.9 Å². The molecule has 1 fully saturated rings. The normalized spacial score (nSPS) is 16.1. The molecule has 20 heavy (non-hydrogen) atoms. The minimum atomic E-state index is 0.766. The summed E-state index contributed by atoms with van der Waals surface area (Å²) in [5, 5.41) is 0. The van der Waals surface area contributed by atoms with Crippen LogP contribution in [0.3, 0.4) is 0 Å². The Labute approximate surface area is 121 Å². The number of morpholine rings is 1. The minimum Gasteiger partial charge on any atom is -0.494 e. The van der Waals surface area contributed by atoms with Crippen molar-refractivity contribution in [3.8, 4) is 11.5 Å². The highest BCUT2D eigenvalue weighted by molar-refractivity contribution is 5.31. The van der Waals surface area contributed by atoms with Gasteiger partial charge in [-0.2, -0.15) is 0 Å². The van der Waals surface area contributed by atoms with Crippen LogP contribution in [0, 0.1) is 0 Å². The first kappa shape index (κ1) is 15.1. The van der Waals surface area contributed by atoms with E-state index >= 15 is 0 Å². The summed E-state index contributed by atoms with van der Waals surface area (Å²) in [4.78, 5) is 1.63. The second kappa shape index (κ2) is 8.82. The molecule has 0 spiro atoms. The number of nitrogens with one attached hydrogen (secondary N) is 1. The van der Waals surface area contributed by atoms with Gasteiger partial charge in [-0.25, -0.2) is 0 Å². The number of rotatable bonds is 8. The Bertz CT molecular complexity index is 360. The molecule has 0 aliphatic carbocycles. The fourth-order valence-corrected chi connectivity index (χ4v) is 2.27. The van der Waals surface area contributed by atoms with Gasteiger partial charge in [0.05, 0.1) is 33.0 Å². The molecule has 1 aromatic carbocycles. The first-order chi connectivity index (χ1) is 9.88. The molecule has 1 aliphatic rings. The smallest absolute Gasteiger partial charge is 0.119 e. The highest BCUT2D eigenvalue weighted by Gasteiger charge is 2.12. The highest BCUT2D eigenvalue weighted by Crippen LogP contribution is 2.17. The summed E-state index contributed by atoms with van der Waals surface area (Å²) in [5.41, 5.74) is 0. The van der Waals surface area contributed by atoms with Crippen LogP contribution in [0.2, 0.25) is 0 Å². The molecule has 1 aliphatic heterocycles. The molecule has 0 saturated carbocycles. The number of ether oxygens (including phenoxy) is 3. The van der Waals surface area contributed by atoms with Gasteiger partial charge in [-0.1, -0.05) is 6.92 Å². The molecule has 0 bridgehead atoms. The van der Waals surface area contributed by atoms with E-state index < -0.39 is 0 Å². The Kier molecular flexibility index (Phi) is 6.68. The van der Waals surface area contributed by atoms with Gasteiger partial charge in [-0.15, -0.1) is 0 Å². The lowest BCUT2D eigenvalue weighted by molar-refractivity contribution is -0.908. The van der Waals surface area contributed by atoms with Crippen molar-refractivity contribution in [1.29, 1.82) is 0 Å². The summed E-state index contributed by atoms with van der Waals surface area (Å²) < 4.78 is 16.7. The molecule has 0 atom stereocenters. The van der Waals surface area contributed by atoms with Gasteiger partial charge in [0.15, 0.2) is 0 Å². The Morgan fingerprint density at radius 1 is 1.00 bits per heavy atom. The topological polar surface area (TPSA) is 32.1 Å². The summed E-state index contributed by atoms with van der Waals surface area (Å²) in [6.07, 6.45) is 2.12. The zero-order valence-electron chi connectivity index (χ0n) is 12.4. The minimum absolute atomic E-state index is 0.766. The van der Waals surface area contributed by atoms with E-state index in [1.54, 1.807) is 4.90 Å². The second-order valence-corrected chi connectivity index (χ2v) is 5.13. The molecule has 1 aromatic rings. The van der Waals surface area contributed by atoms with Gasteiger partial charge in [0.25, 0.3) is 0 Å². The predicted molar refractivity (Wildman–Crippen MR) is 78.7 cm³/mol. The molecule has 1 saturated heterocycles. The molecule has 0 aromatic heterocycles. The third-order valence-electron chi connectivity index (χ3n) is 3.44. The molecule has 1 heterocycles. The van der Waals surface area contributed by atoms with Crippen molar-refractivity contribution in [3.63, 3.8) is 0 Å². The van der Waals surface area contributed by atoms with Crippen molar-refractivity contribution >= 4 is 0 Å². The van der Waals surface area contributed by atoms with Crippen LogP contribution in [0.4, 0.5) is 0 Å². The van der Waals surface area contributed by atoms with Crippen molar-refractivity contribution in [2.75, 3.05) is 46.1 Å². The number of hydrogen-bond acceptors (Lipinski definition) is 3. The maximum Gasteiger partial charge on any atom is 0.119 e. The van der Waals surface area contributed by atoms with Crippen molar-refractivity contribution in [3.05, 3.63) is 24.3 Å². The lowest BCUT2D eigenvalue weighted by atomic mass is 10.3. The number of hydrogen-bond donors (Lipinski definition) is 1. The quantitative estimate of drug-likeness (QED) is 0.725. The predicted octanol–water partition coefficient (Wildman–Crippen LogP) is 1.16. The van der Waals surface area contributed by atoms with Crippen LogP contribution in [0.15, 0.2) is 24.3 Å². The van der Waals surface area contributed by atoms with Crippen LogP contribution < -0.4 is 14.4 Å². The van der Waals surface area contributed by atoms with E-state index in [1.807, 2.05) is 24.3 Å². The third kappa shape index (κ3) is 5.39. The Morgan fingerprint density at radius 3 is 2.20 bits per heavy atom. The largest absolute Gasteiger partial charge is 0.494 e. The van der Waals surface area contributed by atoms with Gasteiger partial charge in [0.1, 0.15) is 24.6 Å². The summed E-state index contributed by atoms with van der Waals surface area (Å²) >= 11 is 0. The summed E-state index contributed by atoms with van der Waals surface area (Å²) in [6, 6.07) is 7.90. The van der Waals surface area contributed by atoms with Crippen LogP contribution >= 0.6 is 0 Å². The molecule has 4 heteroatoms. The molecular weight excluding hydrogens is 254 g/mol. The number of benzene rings is 1. The van der Waals surface area contributed by atoms with Gasteiger partial charge < -0.3 is 19.1 Å². The Hall–Kier alpha value is -1.26. The van der Waals surface area contributed by atoms with E-state index in [0.29, 0.717) is 0 Å². The third-order valence-corrected chi connectivity index (χ3v) is 3.44. The van der Waals surface area contributed by atoms with Crippen LogP contribution in [-0.4, -0.2) is 46.1 Å². The Morgan fingerprint density at radius 2 is 1.60 bits per heavy atom. The van der Waals surface area contributed by atoms with E-state index in [-0.39, 0.29) is 0 Å². The summed E-state index contributed by atoms with van der Waals surface area (Å²) in [6.45, 7) is 8.87. The SMILES string of the molecule is CCCOc1ccc(OCCC[NH+]2CCOCC2)cc1. The first-order valence-electron chi connectivity index (χ1n) is 7.65. The molecule has 0 unspecified atom stereocenters. The molecule has 1 N–H and O–H groups in total. The Balaban J connectivity index is 1.61. The second-order valence-electron chi connectivity index (χ2n) is 5.13. The average molecular weight is 280 g/mol. The van der Waals surface area contributed by atoms with E-state index in [9.17, 15) is 0 Å². The monoisotopic (exact) mass is 280 g/mol. The molecule has 2 rings (SSSR count). The van der Waals surface area contributed by atoms with Gasteiger partial charge in [-0.3, -0.25) is 0 Å². The van der Waals surface area contributed by atoms with Crippen molar-refractivity contribution in [1.82, 2.24) is 0 Å². The zero-order valence-corrected chi connectivity index (χ0v) is 12.4. The average Bonchev–Trinajstić information content (AvgIpc) is 2.52. The van der Waals surface area contributed by atoms with E-state index in [2.05, 4.69) is 6.92 Å². The standard InChI is InChI=1S/C16H25NO3/c1-2-11-19-15-4-6-16(7-5-15)20-12-3-8-17-9-13-18-14-10-17/h4-7H,2-3,8-14H2,1H3/p+1. The zero-order chi connectivity index (χ0) is 14.0. The maximum atomic E-state index is 5.76. The molecule has 112 valence electrons. The summed E-state index contributed by atoms with van der Waals surface area (Å²) in [5.74, 6) is 1.84. The summed E-state index contributed by atoms with van der Waals surface area (Å²) in [7, 11) is 0. The van der Waals surface area contributed by atoms with E-state index in [1.165, 1.54) is 6.54 Å². The number of quaternary nitrogens is 1. The molecule has 0 amide bonds. The van der Waals surface area contributed by atoms with Crippen LogP contribution in [-0.2, 0) is 4.74 Å². The molecule has 4 nitrogen and oxygen atoms in total. The van der Waals surface area contributed by atoms with Crippen molar-refractivity contribution < 1.29 is 19.1 Å². The van der Waals surface area contributed by atoms with Gasteiger partial charge >= 0.3 is 0 Å². The lowest BCUT2D eigenvalue weighted by Crippen LogP contribution is -3.14. The first-order valence-corrected chi connectivity index (χ1v) is 7.65. The fraction of sp³-hybridized carbons (Fsp3) is 0.625. The van der Waals surface area contributed by atoms with Crippen LogP contribution in [0.5, 0.6) is 11.5 Å². The van der Waals surface area contributed by atoms with Crippen LogP contribution in [0.1, 0.15) is 19.8 Å². The van der Waals surface area contributed by atoms with Gasteiger partial charge in [-0.05, 0) is 30.7 Å². The lowest BCUT2D eigenvalue weighted by Gasteiger charge is -2.23. The van der Waals surface area contributed by atoms with Crippen molar-refractivity contribution in [2.45, 2.75) is 19.8 Å². The van der Waals surface area contributed by atoms with Gasteiger partial charge in [0, 0.05) is 6.42 Å². The van der Waals surface area contributed by atoms with E-state index in [4.69, 9.17) is 14.2 Å².